The van der Waals surface area contributed by atoms with Gasteiger partial charge in [-0.2, -0.15) is 4.79 Å². The highest BCUT2D eigenvalue weighted by molar-refractivity contribution is 6.02. The van der Waals surface area contributed by atoms with E-state index >= 15 is 0 Å². The number of carbonyl (C=O) groups excluding carboxylic acids is 1. The molecule has 0 aliphatic rings. The fourth-order valence-corrected chi connectivity index (χ4v) is 4.42. The summed E-state index contributed by atoms with van der Waals surface area (Å²) in [5, 5.41) is 14.6. The van der Waals surface area contributed by atoms with Gasteiger partial charge in [-0.05, 0) is 42.3 Å². The molecule has 0 atom stereocenters. The molecule has 0 bridgehead atoms. The number of carboxylic acid groups (broad SMARTS) is 1. The van der Waals surface area contributed by atoms with Gasteiger partial charge in [-0.25, -0.2) is 10.2 Å². The molecule has 37 heavy (non-hydrogen) atoms. The molecule has 1 heterocycles. The summed E-state index contributed by atoms with van der Waals surface area (Å²) in [5.41, 5.74) is 5.54. The highest BCUT2D eigenvalue weighted by Gasteiger charge is 2.31. The highest BCUT2D eigenvalue weighted by atomic mass is 16.5. The van der Waals surface area contributed by atoms with E-state index in [4.69, 9.17) is 9.47 Å². The van der Waals surface area contributed by atoms with Crippen molar-refractivity contribution in [2.24, 2.45) is 0 Å². The maximum Gasteiger partial charge on any atom is 0.357 e. The van der Waals surface area contributed by atoms with Crippen LogP contribution in [0.3, 0.4) is 0 Å². The Morgan fingerprint density at radius 2 is 1.62 bits per heavy atom. The predicted molar refractivity (Wildman–Crippen MR) is 144 cm³/mol. The fourth-order valence-electron chi connectivity index (χ4n) is 4.42. The van der Waals surface area contributed by atoms with Gasteiger partial charge < -0.3 is 19.5 Å². The number of carbonyl (C=O) groups is 2. The molecule has 0 aliphatic heterocycles. The van der Waals surface area contributed by atoms with E-state index < -0.39 is 5.97 Å². The first kappa shape index (κ1) is 27.7. The van der Waals surface area contributed by atoms with Crippen LogP contribution < -0.4 is 14.9 Å². The standard InChI is InChI=1S/C28H36N4O5/c1-7-31(8-2)17-16-23(33)29-32-27(25-21(36-5)14-11-15-22(25)37-6)24(26(30-32)28(34)35)20-13-10-9-12-19(20)18(3)4/h9-15,18H,7-8,16-17H2,1-6H3,(H,29,33)(H,34,35). The zero-order valence-corrected chi connectivity index (χ0v) is 22.4. The zero-order chi connectivity index (χ0) is 27.1. The van der Waals surface area contributed by atoms with Gasteiger partial charge in [-0.15, -0.1) is 5.10 Å². The van der Waals surface area contributed by atoms with Crippen molar-refractivity contribution in [2.45, 2.75) is 40.0 Å². The summed E-state index contributed by atoms with van der Waals surface area (Å²) in [6, 6.07) is 12.9. The van der Waals surface area contributed by atoms with Gasteiger partial charge in [0.05, 0.1) is 19.8 Å². The summed E-state index contributed by atoms with van der Waals surface area (Å²) in [4.78, 5) is 28.9. The topological polar surface area (TPSA) is 106 Å². The van der Waals surface area contributed by atoms with E-state index in [0.29, 0.717) is 40.4 Å². The molecule has 2 aromatic carbocycles. The van der Waals surface area contributed by atoms with Gasteiger partial charge in [0.1, 0.15) is 17.2 Å². The second kappa shape index (κ2) is 12.4. The minimum atomic E-state index is -1.21. The van der Waals surface area contributed by atoms with Gasteiger partial charge in [0.25, 0.3) is 0 Å². The second-order valence-electron chi connectivity index (χ2n) is 8.88. The molecule has 1 aromatic heterocycles. The van der Waals surface area contributed by atoms with Gasteiger partial charge in [0.2, 0.25) is 5.91 Å². The number of aromatic carboxylic acids is 1. The van der Waals surface area contributed by atoms with E-state index in [1.807, 2.05) is 52.0 Å². The van der Waals surface area contributed by atoms with Crippen molar-refractivity contribution in [1.29, 1.82) is 0 Å². The van der Waals surface area contributed by atoms with Crippen molar-refractivity contribution < 1.29 is 24.2 Å². The normalized spacial score (nSPS) is 11.1. The van der Waals surface area contributed by atoms with Crippen molar-refractivity contribution in [3.8, 4) is 33.9 Å². The largest absolute Gasteiger partial charge is 0.496 e. The summed E-state index contributed by atoms with van der Waals surface area (Å²) >= 11 is 0. The molecule has 198 valence electrons. The van der Waals surface area contributed by atoms with E-state index in [1.165, 1.54) is 19.0 Å². The van der Waals surface area contributed by atoms with Crippen LogP contribution in [-0.4, -0.2) is 65.6 Å². The fraction of sp³-hybridized carbons (Fsp3) is 0.393. The molecule has 3 aromatic rings. The lowest BCUT2D eigenvalue weighted by Crippen LogP contribution is -2.31. The Hall–Kier alpha value is -3.85. The smallest absolute Gasteiger partial charge is 0.357 e. The Labute approximate surface area is 218 Å². The van der Waals surface area contributed by atoms with Crippen LogP contribution in [0.1, 0.15) is 56.1 Å². The number of ether oxygens (including phenoxy) is 2. The number of carboxylic acids is 1. The molecule has 0 aliphatic carbocycles. The third kappa shape index (κ3) is 5.94. The number of hydrogen-bond donors (Lipinski definition) is 2. The van der Waals surface area contributed by atoms with Crippen LogP contribution in [0.15, 0.2) is 42.5 Å². The molecule has 3 rings (SSSR count). The minimum absolute atomic E-state index is 0.109. The Morgan fingerprint density at radius 3 is 2.16 bits per heavy atom. The number of benzene rings is 2. The van der Waals surface area contributed by atoms with E-state index in [1.54, 1.807) is 18.2 Å². The number of nitrogens with one attached hydrogen (secondary N) is 1. The Kier molecular flexibility index (Phi) is 9.30. The minimum Gasteiger partial charge on any atom is -0.496 e. The summed E-state index contributed by atoms with van der Waals surface area (Å²) in [6.45, 7) is 10.4. The third-order valence-electron chi connectivity index (χ3n) is 6.38. The lowest BCUT2D eigenvalue weighted by molar-refractivity contribution is -0.117. The van der Waals surface area contributed by atoms with Crippen LogP contribution in [0.25, 0.3) is 22.4 Å². The molecular formula is C28H36N4O5. The van der Waals surface area contributed by atoms with Crippen molar-refractivity contribution in [1.82, 2.24) is 14.8 Å². The number of amides is 1. The summed E-state index contributed by atoms with van der Waals surface area (Å²) in [5.74, 6) is -0.474. The van der Waals surface area contributed by atoms with Gasteiger partial charge in [-0.1, -0.05) is 58.0 Å². The number of aromatic nitrogens is 2. The first-order valence-corrected chi connectivity index (χ1v) is 12.5. The quantitative estimate of drug-likeness (QED) is 0.360. The van der Waals surface area contributed by atoms with Gasteiger partial charge in [-0.3, -0.25) is 4.79 Å². The molecule has 0 saturated carbocycles. The average Bonchev–Trinajstić information content (AvgIpc) is 3.27. The molecule has 1 amide bonds. The van der Waals surface area contributed by atoms with Gasteiger partial charge in [0, 0.05) is 18.5 Å². The third-order valence-corrected chi connectivity index (χ3v) is 6.38. The monoisotopic (exact) mass is 508 g/mol. The van der Waals surface area contributed by atoms with Crippen molar-refractivity contribution in [3.05, 3.63) is 53.7 Å². The molecule has 0 unspecified atom stereocenters. The Morgan fingerprint density at radius 1 is 1.00 bits per heavy atom. The van der Waals surface area contributed by atoms with Crippen LogP contribution in [-0.2, 0) is 4.79 Å². The molecule has 9 heteroatoms. The predicted octanol–water partition coefficient (Wildman–Crippen LogP) is 4.86. The van der Waals surface area contributed by atoms with Gasteiger partial charge in [0.15, 0.2) is 5.69 Å². The van der Waals surface area contributed by atoms with Gasteiger partial charge >= 0.3 is 5.97 Å². The summed E-state index contributed by atoms with van der Waals surface area (Å²) in [6.07, 6.45) is 0.227. The maximum atomic E-state index is 13.0. The average molecular weight is 509 g/mol. The number of hydrogen-bond acceptors (Lipinski definition) is 6. The first-order chi connectivity index (χ1) is 17.8. The molecule has 0 saturated heterocycles. The van der Waals surface area contributed by atoms with Crippen LogP contribution in [0, 0.1) is 0 Å². The summed E-state index contributed by atoms with van der Waals surface area (Å²) in [7, 11) is 3.06. The second-order valence-corrected chi connectivity index (χ2v) is 8.88. The van der Waals surface area contributed by atoms with E-state index in [9.17, 15) is 14.7 Å². The number of rotatable bonds is 12. The van der Waals surface area contributed by atoms with Crippen LogP contribution in [0.4, 0.5) is 0 Å². The first-order valence-electron chi connectivity index (χ1n) is 12.5. The molecule has 0 spiro atoms. The van der Waals surface area contributed by atoms with E-state index in [-0.39, 0.29) is 23.9 Å². The number of nitrogens with zero attached hydrogens (tertiary/aromatic N) is 3. The molecular weight excluding hydrogens is 472 g/mol. The van der Waals surface area contributed by atoms with Crippen molar-refractivity contribution in [3.63, 3.8) is 0 Å². The van der Waals surface area contributed by atoms with Crippen LogP contribution >= 0.6 is 0 Å². The van der Waals surface area contributed by atoms with Crippen molar-refractivity contribution in [2.75, 3.05) is 39.3 Å². The van der Waals surface area contributed by atoms with E-state index in [0.717, 1.165) is 18.7 Å². The SMILES string of the molecule is CCN(CC)CCC(=O)Nn1nc(C(=O)O)c(-c2ccccc2C(C)C)c1-c1c(OC)cccc1OC. The van der Waals surface area contributed by atoms with Crippen molar-refractivity contribution >= 4 is 11.9 Å². The Balaban J connectivity index is 2.31. The van der Waals surface area contributed by atoms with E-state index in [2.05, 4.69) is 15.4 Å². The van der Waals surface area contributed by atoms with Crippen LogP contribution in [0.5, 0.6) is 11.5 Å². The lowest BCUT2D eigenvalue weighted by Gasteiger charge is -2.19. The zero-order valence-electron chi connectivity index (χ0n) is 22.4. The molecule has 0 fully saturated rings. The summed E-state index contributed by atoms with van der Waals surface area (Å²) < 4.78 is 11.3. The number of methoxy groups -OCH3 is 2. The highest BCUT2D eigenvalue weighted by Crippen LogP contribution is 2.45. The lowest BCUT2D eigenvalue weighted by atomic mass is 9.89. The molecule has 0 radical (unpaired) electrons. The maximum absolute atomic E-state index is 13.0. The van der Waals surface area contributed by atoms with Crippen LogP contribution in [0.2, 0.25) is 0 Å². The molecule has 9 nitrogen and oxygen atoms in total. The molecule has 2 N–H and O–H groups in total. The Bertz CT molecular complexity index is 1230.